The lowest BCUT2D eigenvalue weighted by molar-refractivity contribution is -0.750. The number of benzene rings is 1. The zero-order chi connectivity index (χ0) is 13.7. The Bertz CT molecular complexity index is 550. The minimum atomic E-state index is -0.589. The predicted molar refractivity (Wildman–Crippen MR) is 62.4 cm³/mol. The van der Waals surface area contributed by atoms with Crippen LogP contribution in [0.4, 0.5) is 5.69 Å². The molecule has 0 atom stereocenters. The van der Waals surface area contributed by atoms with E-state index in [1.165, 1.54) is 0 Å². The molecular weight excluding hydrogens is 250 g/mol. The van der Waals surface area contributed by atoms with E-state index in [1.807, 2.05) is 6.92 Å². The van der Waals surface area contributed by atoms with Crippen LogP contribution in [-0.2, 0) is 11.3 Å². The van der Waals surface area contributed by atoms with Gasteiger partial charge in [-0.3, -0.25) is 4.79 Å². The average molecular weight is 263 g/mol. The van der Waals surface area contributed by atoms with Gasteiger partial charge in [-0.05, 0) is 31.2 Å². The predicted octanol–water partition coefficient (Wildman–Crippen LogP) is 0.0731. The van der Waals surface area contributed by atoms with Crippen LogP contribution in [0.1, 0.15) is 6.92 Å². The minimum Gasteiger partial charge on any atom is -0.539 e. The van der Waals surface area contributed by atoms with Crippen molar-refractivity contribution in [1.29, 1.82) is 0 Å². The highest BCUT2D eigenvalue weighted by Crippen LogP contribution is 2.15. The first kappa shape index (κ1) is 12.9. The zero-order valence-corrected chi connectivity index (χ0v) is 10.3. The molecule has 100 valence electrons. The molecule has 0 saturated heterocycles. The summed E-state index contributed by atoms with van der Waals surface area (Å²) in [6.07, 6.45) is 1.11. The number of nitrogens with zero attached hydrogens (tertiary/aromatic N) is 2. The van der Waals surface area contributed by atoms with E-state index in [1.54, 1.807) is 24.3 Å². The van der Waals surface area contributed by atoms with Crippen LogP contribution in [0.5, 0.6) is 11.7 Å². The standard InChI is InChI=1S/C12H13N3O4/c1-2-18-10-5-3-9(4-6-10)13-11(16)7-15-8-12(17)19-14-15/h3-6,8H,2,7H2,1H3,(H-,13,14,16,17). The normalized spacial score (nSPS) is 10.2. The van der Waals surface area contributed by atoms with Gasteiger partial charge in [-0.1, -0.05) is 4.68 Å². The second-order valence-corrected chi connectivity index (χ2v) is 3.72. The Morgan fingerprint density at radius 2 is 2.21 bits per heavy atom. The van der Waals surface area contributed by atoms with E-state index in [-0.39, 0.29) is 12.5 Å². The van der Waals surface area contributed by atoms with E-state index in [4.69, 9.17) is 4.74 Å². The third-order valence-electron chi connectivity index (χ3n) is 2.24. The maximum Gasteiger partial charge on any atom is 0.292 e. The van der Waals surface area contributed by atoms with Crippen molar-refractivity contribution in [3.63, 3.8) is 0 Å². The number of carbonyl (C=O) groups excluding carboxylic acids is 1. The molecule has 7 heteroatoms. The maximum atomic E-state index is 11.7. The van der Waals surface area contributed by atoms with Gasteiger partial charge in [0, 0.05) is 5.69 Å². The molecule has 0 aliphatic heterocycles. The Labute approximate surface area is 109 Å². The van der Waals surface area contributed by atoms with Crippen molar-refractivity contribution >= 4 is 11.6 Å². The molecule has 0 aliphatic rings. The van der Waals surface area contributed by atoms with Crippen molar-refractivity contribution in [2.45, 2.75) is 13.5 Å². The van der Waals surface area contributed by atoms with Gasteiger partial charge in [-0.25, -0.2) is 0 Å². The summed E-state index contributed by atoms with van der Waals surface area (Å²) in [5.41, 5.74) is 0.639. The highest BCUT2D eigenvalue weighted by Gasteiger charge is 2.12. The highest BCUT2D eigenvalue weighted by atomic mass is 16.6. The van der Waals surface area contributed by atoms with Crippen LogP contribution in [0.2, 0.25) is 0 Å². The lowest BCUT2D eigenvalue weighted by Gasteiger charge is -2.05. The van der Waals surface area contributed by atoms with E-state index in [0.29, 0.717) is 12.3 Å². The van der Waals surface area contributed by atoms with Gasteiger partial charge in [0.15, 0.2) is 0 Å². The molecule has 0 aliphatic carbocycles. The first-order valence-corrected chi connectivity index (χ1v) is 5.73. The third kappa shape index (κ3) is 3.70. The van der Waals surface area contributed by atoms with Crippen LogP contribution in [0, 0.1) is 0 Å². The zero-order valence-electron chi connectivity index (χ0n) is 10.3. The van der Waals surface area contributed by atoms with Gasteiger partial charge >= 0.3 is 0 Å². The van der Waals surface area contributed by atoms with Gasteiger partial charge < -0.3 is 19.7 Å². The van der Waals surface area contributed by atoms with Crippen molar-refractivity contribution in [2.75, 3.05) is 11.9 Å². The van der Waals surface area contributed by atoms with E-state index >= 15 is 0 Å². The number of carbonyl (C=O) groups is 1. The lowest BCUT2D eigenvalue weighted by Crippen LogP contribution is -2.41. The van der Waals surface area contributed by atoms with Crippen LogP contribution in [0.25, 0.3) is 0 Å². The fourth-order valence-corrected chi connectivity index (χ4v) is 1.48. The monoisotopic (exact) mass is 263 g/mol. The lowest BCUT2D eigenvalue weighted by atomic mass is 10.3. The van der Waals surface area contributed by atoms with Gasteiger partial charge in [0.1, 0.15) is 11.7 Å². The number of aromatic nitrogens is 2. The van der Waals surface area contributed by atoms with Crippen LogP contribution >= 0.6 is 0 Å². The minimum absolute atomic E-state index is 0.0844. The number of anilines is 1. The molecular formula is C12H13N3O4. The Morgan fingerprint density at radius 3 is 2.79 bits per heavy atom. The largest absolute Gasteiger partial charge is 0.539 e. The maximum absolute atomic E-state index is 11.7. The third-order valence-corrected chi connectivity index (χ3v) is 2.24. The molecule has 19 heavy (non-hydrogen) atoms. The van der Waals surface area contributed by atoms with Gasteiger partial charge in [0.2, 0.25) is 6.20 Å². The summed E-state index contributed by atoms with van der Waals surface area (Å²) in [5.74, 6) is -0.154. The fourth-order valence-electron chi connectivity index (χ4n) is 1.48. The van der Waals surface area contributed by atoms with E-state index in [2.05, 4.69) is 15.1 Å². The van der Waals surface area contributed by atoms with Crippen molar-refractivity contribution in [3.05, 3.63) is 30.5 Å². The molecule has 1 aromatic carbocycles. The number of rotatable bonds is 5. The summed E-state index contributed by atoms with van der Waals surface area (Å²) in [6.45, 7) is 2.40. The number of ether oxygens (including phenoxy) is 1. The number of amides is 1. The van der Waals surface area contributed by atoms with E-state index < -0.39 is 5.95 Å². The summed E-state index contributed by atoms with van der Waals surface area (Å²) in [4.78, 5) is 11.7. The van der Waals surface area contributed by atoms with Crippen LogP contribution < -0.4 is 19.8 Å². The topological polar surface area (TPSA) is 91.3 Å². The van der Waals surface area contributed by atoms with Crippen molar-refractivity contribution in [2.24, 2.45) is 0 Å². The van der Waals surface area contributed by atoms with Gasteiger partial charge in [-0.15, -0.1) is 0 Å². The van der Waals surface area contributed by atoms with Crippen molar-refractivity contribution < 1.29 is 23.8 Å². The fraction of sp³-hybridized carbons (Fsp3) is 0.250. The second kappa shape index (κ2) is 5.85. The molecule has 0 saturated carbocycles. The van der Waals surface area contributed by atoms with Gasteiger partial charge in [-0.2, -0.15) is 0 Å². The molecule has 1 heterocycles. The first-order valence-electron chi connectivity index (χ1n) is 5.73. The summed E-state index contributed by atoms with van der Waals surface area (Å²) in [7, 11) is 0. The summed E-state index contributed by atoms with van der Waals surface area (Å²) in [5, 5.41) is 16.8. The Hall–Kier alpha value is -2.57. The molecule has 2 aromatic rings. The van der Waals surface area contributed by atoms with Gasteiger partial charge in [0.25, 0.3) is 12.5 Å². The van der Waals surface area contributed by atoms with Crippen LogP contribution in [0.3, 0.4) is 0 Å². The number of nitrogens with one attached hydrogen (secondary N) is 1. The SMILES string of the molecule is CCOc1ccc(NC(=O)C[n+]2cc([O-])on2)cc1. The Kier molecular flexibility index (Phi) is 3.97. The molecule has 0 unspecified atom stereocenters. The van der Waals surface area contributed by atoms with Crippen LogP contribution in [0.15, 0.2) is 35.0 Å². The summed E-state index contributed by atoms with van der Waals surface area (Å²) in [6, 6.07) is 6.99. The Morgan fingerprint density at radius 1 is 1.47 bits per heavy atom. The average Bonchev–Trinajstić information content (AvgIpc) is 2.77. The molecule has 1 aromatic heterocycles. The molecule has 0 radical (unpaired) electrons. The van der Waals surface area contributed by atoms with E-state index in [0.717, 1.165) is 16.6 Å². The first-order chi connectivity index (χ1) is 9.17. The summed E-state index contributed by atoms with van der Waals surface area (Å²) >= 11 is 0. The molecule has 0 bridgehead atoms. The molecule has 0 spiro atoms. The summed E-state index contributed by atoms with van der Waals surface area (Å²) < 4.78 is 10.7. The van der Waals surface area contributed by atoms with Crippen molar-refractivity contribution in [1.82, 2.24) is 5.27 Å². The Balaban J connectivity index is 1.91. The molecule has 1 amide bonds. The molecule has 1 N–H and O–H groups in total. The van der Waals surface area contributed by atoms with Crippen LogP contribution in [-0.4, -0.2) is 17.8 Å². The number of hydrogen-bond donors (Lipinski definition) is 1. The van der Waals surface area contributed by atoms with Crippen molar-refractivity contribution in [3.8, 4) is 11.7 Å². The quantitative estimate of drug-likeness (QED) is 0.771. The number of hydrogen-bond acceptors (Lipinski definition) is 5. The van der Waals surface area contributed by atoms with Gasteiger partial charge in [0.05, 0.1) is 11.9 Å². The second-order valence-electron chi connectivity index (χ2n) is 3.72. The molecule has 2 rings (SSSR count). The molecule has 0 fully saturated rings. The van der Waals surface area contributed by atoms with E-state index in [9.17, 15) is 9.90 Å². The molecule has 7 nitrogen and oxygen atoms in total. The highest BCUT2D eigenvalue weighted by molar-refractivity contribution is 5.89. The smallest absolute Gasteiger partial charge is 0.292 e.